The third-order valence-electron chi connectivity index (χ3n) is 4.09. The first kappa shape index (κ1) is 16.5. The van der Waals surface area contributed by atoms with Gasteiger partial charge in [0.1, 0.15) is 5.82 Å². The van der Waals surface area contributed by atoms with Gasteiger partial charge in [0.2, 0.25) is 0 Å². The third-order valence-corrected chi connectivity index (χ3v) is 4.91. The van der Waals surface area contributed by atoms with Crippen LogP contribution in [-0.4, -0.2) is 27.1 Å². The Morgan fingerprint density at radius 3 is 2.73 bits per heavy atom. The molecule has 0 aliphatic carbocycles. The Morgan fingerprint density at radius 1 is 1.15 bits per heavy atom. The van der Waals surface area contributed by atoms with Gasteiger partial charge in [-0.25, -0.2) is 14.8 Å². The van der Waals surface area contributed by atoms with Crippen molar-refractivity contribution in [2.45, 2.75) is 13.8 Å². The predicted molar refractivity (Wildman–Crippen MR) is 103 cm³/mol. The van der Waals surface area contributed by atoms with E-state index in [0.717, 1.165) is 33.2 Å². The largest absolute Gasteiger partial charge is 0.462 e. The van der Waals surface area contributed by atoms with Crippen molar-refractivity contribution in [3.8, 4) is 16.4 Å². The highest BCUT2D eigenvalue weighted by molar-refractivity contribution is 7.12. The fourth-order valence-corrected chi connectivity index (χ4v) is 3.78. The van der Waals surface area contributed by atoms with Crippen LogP contribution in [0.5, 0.6) is 0 Å². The summed E-state index contributed by atoms with van der Waals surface area (Å²) in [6.07, 6.45) is 0. The van der Waals surface area contributed by atoms with Crippen LogP contribution in [0.4, 0.5) is 0 Å². The molecule has 0 spiro atoms. The number of aromatic nitrogens is 3. The molecule has 26 heavy (non-hydrogen) atoms. The van der Waals surface area contributed by atoms with Crippen LogP contribution in [0.2, 0.25) is 0 Å². The molecule has 6 heteroatoms. The second kappa shape index (κ2) is 6.72. The van der Waals surface area contributed by atoms with Gasteiger partial charge in [-0.2, -0.15) is 0 Å². The number of nitrogens with zero attached hydrogens (tertiary/aromatic N) is 3. The molecule has 0 aliphatic heterocycles. The van der Waals surface area contributed by atoms with Crippen molar-refractivity contribution in [3.63, 3.8) is 0 Å². The molecule has 0 atom stereocenters. The smallest absolute Gasteiger partial charge is 0.338 e. The molecule has 0 bridgehead atoms. The van der Waals surface area contributed by atoms with E-state index in [2.05, 4.69) is 4.98 Å². The lowest BCUT2D eigenvalue weighted by molar-refractivity contribution is 0.0526. The summed E-state index contributed by atoms with van der Waals surface area (Å²) in [5.74, 6) is 0.499. The van der Waals surface area contributed by atoms with Gasteiger partial charge in [-0.1, -0.05) is 30.3 Å². The van der Waals surface area contributed by atoms with Crippen LogP contribution in [0, 0.1) is 6.92 Å². The van der Waals surface area contributed by atoms with E-state index < -0.39 is 0 Å². The number of fused-ring (bicyclic) bond motifs is 1. The summed E-state index contributed by atoms with van der Waals surface area (Å²) < 4.78 is 7.09. The van der Waals surface area contributed by atoms with Gasteiger partial charge in [0.25, 0.3) is 0 Å². The lowest BCUT2D eigenvalue weighted by Gasteiger charge is -2.04. The van der Waals surface area contributed by atoms with E-state index in [1.165, 1.54) is 0 Å². The highest BCUT2D eigenvalue weighted by atomic mass is 32.1. The van der Waals surface area contributed by atoms with Gasteiger partial charge in [0.05, 0.1) is 28.9 Å². The van der Waals surface area contributed by atoms with Crippen molar-refractivity contribution >= 4 is 28.3 Å². The molecule has 0 saturated heterocycles. The van der Waals surface area contributed by atoms with Gasteiger partial charge >= 0.3 is 5.97 Å². The molecule has 4 aromatic rings. The molecule has 130 valence electrons. The van der Waals surface area contributed by atoms with Crippen LogP contribution >= 0.6 is 11.3 Å². The zero-order valence-electron chi connectivity index (χ0n) is 14.5. The predicted octanol–water partition coefficient (Wildman–Crippen LogP) is 4.63. The molecule has 4 rings (SSSR count). The second-order valence-corrected chi connectivity index (χ2v) is 6.64. The first-order valence-corrected chi connectivity index (χ1v) is 9.23. The van der Waals surface area contributed by atoms with E-state index in [0.29, 0.717) is 12.2 Å². The molecule has 5 nitrogen and oxygen atoms in total. The number of carbonyl (C=O) groups excluding carboxylic acids is 1. The lowest BCUT2D eigenvalue weighted by Crippen LogP contribution is -2.05. The van der Waals surface area contributed by atoms with Crippen molar-refractivity contribution < 1.29 is 9.53 Å². The Kier molecular flexibility index (Phi) is 4.26. The van der Waals surface area contributed by atoms with E-state index >= 15 is 0 Å². The number of aryl methyl sites for hydroxylation is 1. The van der Waals surface area contributed by atoms with Crippen LogP contribution in [0.1, 0.15) is 23.1 Å². The summed E-state index contributed by atoms with van der Waals surface area (Å²) >= 11 is 1.55. The van der Waals surface area contributed by atoms with Crippen molar-refractivity contribution in [1.29, 1.82) is 0 Å². The minimum atomic E-state index is -0.330. The quantitative estimate of drug-likeness (QED) is 0.496. The monoisotopic (exact) mass is 363 g/mol. The Bertz CT molecular complexity index is 1080. The minimum Gasteiger partial charge on any atom is -0.462 e. The summed E-state index contributed by atoms with van der Waals surface area (Å²) in [4.78, 5) is 21.4. The number of hydrogen-bond donors (Lipinski definition) is 0. The summed E-state index contributed by atoms with van der Waals surface area (Å²) in [6, 6.07) is 15.5. The van der Waals surface area contributed by atoms with E-state index in [4.69, 9.17) is 9.72 Å². The molecule has 0 fully saturated rings. The fraction of sp³-hybridized carbons (Fsp3) is 0.150. The molecule has 0 radical (unpaired) electrons. The second-order valence-electron chi connectivity index (χ2n) is 5.80. The zero-order chi connectivity index (χ0) is 18.1. The number of thiazole rings is 1. The van der Waals surface area contributed by atoms with Gasteiger partial charge in [-0.05, 0) is 32.0 Å². The summed E-state index contributed by atoms with van der Waals surface area (Å²) in [5, 5.41) is 2.86. The number of benzene rings is 2. The molecular weight excluding hydrogens is 346 g/mol. The van der Waals surface area contributed by atoms with Crippen LogP contribution in [0.15, 0.2) is 53.9 Å². The molecule has 0 saturated carbocycles. The standard InChI is InChI=1S/C20H17N3O2S/c1-3-25-19(24)15-9-10-16-18(11-15)23(13(2)21-16)20-22-17(12-26-20)14-7-5-4-6-8-14/h4-12H,3H2,1-2H3. The van der Waals surface area contributed by atoms with Gasteiger partial charge in [-0.15, -0.1) is 11.3 Å². The van der Waals surface area contributed by atoms with Gasteiger partial charge in [-0.3, -0.25) is 4.57 Å². The van der Waals surface area contributed by atoms with E-state index in [1.54, 1.807) is 24.3 Å². The van der Waals surface area contributed by atoms with Crippen LogP contribution < -0.4 is 0 Å². The summed E-state index contributed by atoms with van der Waals surface area (Å²) in [7, 11) is 0. The van der Waals surface area contributed by atoms with E-state index in [1.807, 2.05) is 59.3 Å². The molecule has 2 aromatic carbocycles. The Labute approximate surface area is 154 Å². The number of rotatable bonds is 4. The van der Waals surface area contributed by atoms with Gasteiger partial charge < -0.3 is 4.74 Å². The van der Waals surface area contributed by atoms with Crippen molar-refractivity contribution in [3.05, 3.63) is 65.3 Å². The number of imidazole rings is 1. The first-order chi connectivity index (χ1) is 12.7. The van der Waals surface area contributed by atoms with Crippen LogP contribution in [-0.2, 0) is 4.74 Å². The Morgan fingerprint density at radius 2 is 1.96 bits per heavy atom. The summed E-state index contributed by atoms with van der Waals surface area (Å²) in [6.45, 7) is 4.08. The maximum Gasteiger partial charge on any atom is 0.338 e. The van der Waals surface area contributed by atoms with E-state index in [9.17, 15) is 4.79 Å². The maximum atomic E-state index is 12.1. The minimum absolute atomic E-state index is 0.330. The van der Waals surface area contributed by atoms with Crippen molar-refractivity contribution in [2.24, 2.45) is 0 Å². The highest BCUT2D eigenvalue weighted by Crippen LogP contribution is 2.28. The zero-order valence-corrected chi connectivity index (χ0v) is 15.3. The Hall–Kier alpha value is -2.99. The molecule has 0 amide bonds. The average molecular weight is 363 g/mol. The van der Waals surface area contributed by atoms with Crippen LogP contribution in [0.25, 0.3) is 27.4 Å². The molecule has 0 unspecified atom stereocenters. The normalized spacial score (nSPS) is 11.0. The highest BCUT2D eigenvalue weighted by Gasteiger charge is 2.16. The molecular formula is C20H17N3O2S. The lowest BCUT2D eigenvalue weighted by atomic mass is 10.2. The third kappa shape index (κ3) is 2.88. The number of carbonyl (C=O) groups is 1. The maximum absolute atomic E-state index is 12.1. The fourth-order valence-electron chi connectivity index (χ4n) is 2.89. The topological polar surface area (TPSA) is 57.0 Å². The van der Waals surface area contributed by atoms with Gasteiger partial charge in [0.15, 0.2) is 5.13 Å². The average Bonchev–Trinajstić information content (AvgIpc) is 3.25. The van der Waals surface area contributed by atoms with Crippen molar-refractivity contribution in [1.82, 2.24) is 14.5 Å². The van der Waals surface area contributed by atoms with E-state index in [-0.39, 0.29) is 5.97 Å². The van der Waals surface area contributed by atoms with Crippen molar-refractivity contribution in [2.75, 3.05) is 6.61 Å². The Balaban J connectivity index is 1.81. The number of hydrogen-bond acceptors (Lipinski definition) is 5. The summed E-state index contributed by atoms with van der Waals surface area (Å²) in [5.41, 5.74) is 4.19. The van der Waals surface area contributed by atoms with Gasteiger partial charge in [0, 0.05) is 10.9 Å². The first-order valence-electron chi connectivity index (χ1n) is 8.35. The number of esters is 1. The molecule has 2 aromatic heterocycles. The molecule has 0 aliphatic rings. The SMILES string of the molecule is CCOC(=O)c1ccc2nc(C)n(-c3nc(-c4ccccc4)cs3)c2c1. The van der Waals surface area contributed by atoms with Crippen LogP contribution in [0.3, 0.4) is 0 Å². The molecule has 2 heterocycles. The number of ether oxygens (including phenoxy) is 1. The molecule has 0 N–H and O–H groups in total.